The van der Waals surface area contributed by atoms with Crippen molar-refractivity contribution < 1.29 is 4.79 Å². The monoisotopic (exact) mass is 151 g/mol. The fraction of sp³-hybridized carbons (Fsp3) is 0.778. The lowest BCUT2D eigenvalue weighted by atomic mass is 9.81. The first-order valence-electron chi connectivity index (χ1n) is 4.20. The number of aldehydes is 1. The maximum atomic E-state index is 10.2. The first-order valence-corrected chi connectivity index (χ1v) is 4.20. The zero-order valence-corrected chi connectivity index (χ0v) is 6.62. The minimum atomic E-state index is 0.262. The van der Waals surface area contributed by atoms with Gasteiger partial charge in [0.2, 0.25) is 0 Å². The Hall–Kier alpha value is -0.840. The molecule has 0 radical (unpaired) electrons. The van der Waals surface area contributed by atoms with Crippen LogP contribution in [-0.2, 0) is 4.79 Å². The Morgan fingerprint density at radius 1 is 1.36 bits per heavy atom. The Kier molecular flexibility index (Phi) is 3.10. The second kappa shape index (κ2) is 4.12. The molecule has 0 spiro atoms. The SMILES string of the molecule is N#CC1CCC(CC=O)CC1. The fourth-order valence-corrected chi connectivity index (χ4v) is 1.66. The van der Waals surface area contributed by atoms with Crippen LogP contribution in [0.25, 0.3) is 0 Å². The van der Waals surface area contributed by atoms with Crippen LogP contribution in [0.4, 0.5) is 0 Å². The number of carbonyl (C=O) groups is 1. The lowest BCUT2D eigenvalue weighted by Gasteiger charge is -2.22. The van der Waals surface area contributed by atoms with Crippen LogP contribution in [0.3, 0.4) is 0 Å². The molecule has 0 aromatic carbocycles. The molecule has 11 heavy (non-hydrogen) atoms. The summed E-state index contributed by atoms with van der Waals surface area (Å²) in [7, 11) is 0. The first kappa shape index (κ1) is 8.26. The van der Waals surface area contributed by atoms with E-state index in [1.54, 1.807) is 0 Å². The number of hydrogen-bond acceptors (Lipinski definition) is 2. The van der Waals surface area contributed by atoms with Crippen molar-refractivity contribution in [1.29, 1.82) is 5.26 Å². The summed E-state index contributed by atoms with van der Waals surface area (Å²) in [5.41, 5.74) is 0. The standard InChI is InChI=1S/C9H13NO/c10-7-9-3-1-8(2-4-9)5-6-11/h6,8-9H,1-5H2. The summed E-state index contributed by atoms with van der Waals surface area (Å²) < 4.78 is 0. The lowest BCUT2D eigenvalue weighted by molar-refractivity contribution is -0.108. The molecular weight excluding hydrogens is 138 g/mol. The highest BCUT2D eigenvalue weighted by Crippen LogP contribution is 2.29. The Morgan fingerprint density at radius 2 is 2.00 bits per heavy atom. The minimum Gasteiger partial charge on any atom is -0.303 e. The van der Waals surface area contributed by atoms with E-state index < -0.39 is 0 Å². The molecular formula is C9H13NO. The predicted molar refractivity (Wildman–Crippen MR) is 41.7 cm³/mol. The number of nitrogens with zero attached hydrogens (tertiary/aromatic N) is 1. The van der Waals surface area contributed by atoms with Gasteiger partial charge in [0.25, 0.3) is 0 Å². The van der Waals surface area contributed by atoms with E-state index in [9.17, 15) is 4.79 Å². The molecule has 0 aliphatic heterocycles. The maximum absolute atomic E-state index is 10.2. The second-order valence-corrected chi connectivity index (χ2v) is 3.25. The van der Waals surface area contributed by atoms with E-state index in [2.05, 4.69) is 6.07 Å². The van der Waals surface area contributed by atoms with Gasteiger partial charge < -0.3 is 4.79 Å². The summed E-state index contributed by atoms with van der Waals surface area (Å²) in [6.45, 7) is 0. The van der Waals surface area contributed by atoms with Gasteiger partial charge in [0.15, 0.2) is 0 Å². The van der Waals surface area contributed by atoms with Crippen LogP contribution in [0.1, 0.15) is 32.1 Å². The summed E-state index contributed by atoms with van der Waals surface area (Å²) in [6.07, 6.45) is 5.81. The zero-order chi connectivity index (χ0) is 8.10. The Bertz CT molecular complexity index is 163. The molecule has 0 saturated heterocycles. The van der Waals surface area contributed by atoms with Gasteiger partial charge in [0, 0.05) is 12.3 Å². The molecule has 1 saturated carbocycles. The van der Waals surface area contributed by atoms with E-state index in [4.69, 9.17) is 5.26 Å². The van der Waals surface area contributed by atoms with E-state index in [0.717, 1.165) is 32.0 Å². The van der Waals surface area contributed by atoms with Crippen LogP contribution in [0, 0.1) is 23.2 Å². The van der Waals surface area contributed by atoms with Crippen molar-refractivity contribution in [2.24, 2.45) is 11.8 Å². The summed E-state index contributed by atoms with van der Waals surface area (Å²) >= 11 is 0. The Morgan fingerprint density at radius 3 is 2.45 bits per heavy atom. The zero-order valence-electron chi connectivity index (χ0n) is 6.62. The molecule has 0 N–H and O–H groups in total. The highest BCUT2D eigenvalue weighted by atomic mass is 16.1. The average molecular weight is 151 g/mol. The van der Waals surface area contributed by atoms with Crippen molar-refractivity contribution in [3.63, 3.8) is 0 Å². The van der Waals surface area contributed by atoms with Gasteiger partial charge in [-0.25, -0.2) is 0 Å². The molecule has 2 nitrogen and oxygen atoms in total. The summed E-state index contributed by atoms with van der Waals surface area (Å²) in [4.78, 5) is 10.2. The molecule has 0 amide bonds. The van der Waals surface area contributed by atoms with E-state index >= 15 is 0 Å². The molecule has 0 aromatic rings. The maximum Gasteiger partial charge on any atom is 0.120 e. The van der Waals surface area contributed by atoms with Crippen molar-refractivity contribution in [2.45, 2.75) is 32.1 Å². The number of hydrogen-bond donors (Lipinski definition) is 0. The molecule has 2 heteroatoms. The summed E-state index contributed by atoms with van der Waals surface area (Å²) in [5.74, 6) is 0.829. The third kappa shape index (κ3) is 2.34. The first-order chi connectivity index (χ1) is 5.36. The van der Waals surface area contributed by atoms with E-state index in [-0.39, 0.29) is 5.92 Å². The molecule has 0 aromatic heterocycles. The van der Waals surface area contributed by atoms with Gasteiger partial charge in [-0.3, -0.25) is 0 Å². The predicted octanol–water partition coefficient (Wildman–Crippen LogP) is 1.91. The van der Waals surface area contributed by atoms with Gasteiger partial charge in [-0.15, -0.1) is 0 Å². The fourth-order valence-electron chi connectivity index (χ4n) is 1.66. The highest BCUT2D eigenvalue weighted by Gasteiger charge is 2.19. The quantitative estimate of drug-likeness (QED) is 0.565. The van der Waals surface area contributed by atoms with E-state index in [1.807, 2.05) is 0 Å². The molecule has 1 aliphatic rings. The van der Waals surface area contributed by atoms with Crippen LogP contribution >= 0.6 is 0 Å². The number of nitriles is 1. The largest absolute Gasteiger partial charge is 0.303 e. The van der Waals surface area contributed by atoms with Crippen molar-refractivity contribution >= 4 is 6.29 Å². The second-order valence-electron chi connectivity index (χ2n) is 3.25. The normalized spacial score (nSPS) is 30.8. The van der Waals surface area contributed by atoms with Crippen LogP contribution < -0.4 is 0 Å². The van der Waals surface area contributed by atoms with Crippen LogP contribution in [0.5, 0.6) is 0 Å². The smallest absolute Gasteiger partial charge is 0.120 e. The third-order valence-corrected chi connectivity index (χ3v) is 2.46. The number of rotatable bonds is 2. The van der Waals surface area contributed by atoms with Crippen LogP contribution in [-0.4, -0.2) is 6.29 Å². The van der Waals surface area contributed by atoms with E-state index in [0.29, 0.717) is 12.3 Å². The van der Waals surface area contributed by atoms with Crippen molar-refractivity contribution in [1.82, 2.24) is 0 Å². The summed E-state index contributed by atoms with van der Waals surface area (Å²) in [6, 6.07) is 2.28. The molecule has 1 rings (SSSR count). The van der Waals surface area contributed by atoms with Crippen molar-refractivity contribution in [3.05, 3.63) is 0 Å². The lowest BCUT2D eigenvalue weighted by Crippen LogP contribution is -2.13. The van der Waals surface area contributed by atoms with Gasteiger partial charge in [-0.05, 0) is 31.6 Å². The van der Waals surface area contributed by atoms with Gasteiger partial charge in [0.05, 0.1) is 6.07 Å². The van der Waals surface area contributed by atoms with Crippen LogP contribution in [0.2, 0.25) is 0 Å². The molecule has 0 atom stereocenters. The molecule has 1 aliphatic carbocycles. The third-order valence-electron chi connectivity index (χ3n) is 2.46. The molecule has 0 unspecified atom stereocenters. The average Bonchev–Trinajstić information content (AvgIpc) is 2.07. The Balaban J connectivity index is 2.25. The van der Waals surface area contributed by atoms with Gasteiger partial charge >= 0.3 is 0 Å². The molecule has 1 fully saturated rings. The van der Waals surface area contributed by atoms with E-state index in [1.165, 1.54) is 0 Å². The molecule has 0 heterocycles. The number of carbonyl (C=O) groups excluding carboxylic acids is 1. The minimum absolute atomic E-state index is 0.262. The van der Waals surface area contributed by atoms with Gasteiger partial charge in [-0.2, -0.15) is 5.26 Å². The Labute approximate surface area is 67.2 Å². The van der Waals surface area contributed by atoms with Crippen LogP contribution in [0.15, 0.2) is 0 Å². The summed E-state index contributed by atoms with van der Waals surface area (Å²) in [5, 5.41) is 8.59. The van der Waals surface area contributed by atoms with Crippen molar-refractivity contribution in [3.8, 4) is 6.07 Å². The highest BCUT2D eigenvalue weighted by molar-refractivity contribution is 5.49. The molecule has 0 bridgehead atoms. The van der Waals surface area contributed by atoms with Gasteiger partial charge in [0.1, 0.15) is 6.29 Å². The topological polar surface area (TPSA) is 40.9 Å². The molecule has 60 valence electrons. The van der Waals surface area contributed by atoms with Crippen molar-refractivity contribution in [2.75, 3.05) is 0 Å². The van der Waals surface area contributed by atoms with Gasteiger partial charge in [-0.1, -0.05) is 0 Å².